The fraction of sp³-hybridized carbons (Fsp3) is 0.154. The van der Waals surface area contributed by atoms with Gasteiger partial charge in [0.2, 0.25) is 0 Å². The van der Waals surface area contributed by atoms with Gasteiger partial charge in [0.25, 0.3) is 0 Å². The average Bonchev–Trinajstić information content (AvgIpc) is 3.52. The van der Waals surface area contributed by atoms with Crippen molar-refractivity contribution in [2.45, 2.75) is 12.0 Å². The Balaban J connectivity index is 1.22. The molecule has 8 heteroatoms. The Morgan fingerprint density at radius 1 is 1.12 bits per heavy atom. The minimum Gasteiger partial charge on any atom is -0.487 e. The van der Waals surface area contributed by atoms with Gasteiger partial charge < -0.3 is 19.2 Å². The molecule has 1 aliphatic heterocycles. The number of furan rings is 1. The van der Waals surface area contributed by atoms with Crippen LogP contribution in [0.4, 0.5) is 4.39 Å². The summed E-state index contributed by atoms with van der Waals surface area (Å²) in [4.78, 5) is 19.9. The second-order valence-electron chi connectivity index (χ2n) is 8.38. The van der Waals surface area contributed by atoms with Crippen LogP contribution in [0.5, 0.6) is 5.75 Å². The van der Waals surface area contributed by atoms with Crippen LogP contribution in [0.2, 0.25) is 0 Å². The summed E-state index contributed by atoms with van der Waals surface area (Å²) in [6, 6.07) is 19.8. The molecule has 0 spiro atoms. The summed E-state index contributed by atoms with van der Waals surface area (Å²) in [5, 5.41) is 13.4. The number of aromatic amines is 1. The van der Waals surface area contributed by atoms with Gasteiger partial charge in [-0.1, -0.05) is 18.2 Å². The molecule has 0 fully saturated rings. The number of hydrogen-bond acceptors (Lipinski definition) is 5. The van der Waals surface area contributed by atoms with Crippen molar-refractivity contribution in [3.05, 3.63) is 78.2 Å². The molecule has 3 heterocycles. The number of carbonyl (C=O) groups is 1. The van der Waals surface area contributed by atoms with Crippen LogP contribution in [0.15, 0.2) is 76.1 Å². The zero-order chi connectivity index (χ0) is 23.3. The first-order valence-electron chi connectivity index (χ1n) is 10.8. The van der Waals surface area contributed by atoms with Crippen LogP contribution in [-0.4, -0.2) is 39.0 Å². The van der Waals surface area contributed by atoms with E-state index in [0.29, 0.717) is 27.8 Å². The lowest BCUT2D eigenvalue weighted by atomic mass is 9.96. The number of carboxylic acid groups (broad SMARTS) is 1. The molecule has 0 bridgehead atoms. The Hall–Kier alpha value is -3.78. The fourth-order valence-corrected chi connectivity index (χ4v) is 5.44. The summed E-state index contributed by atoms with van der Waals surface area (Å²) >= 11 is 1.39. The van der Waals surface area contributed by atoms with E-state index in [1.807, 2.05) is 48.5 Å². The minimum atomic E-state index is -1.30. The van der Waals surface area contributed by atoms with Crippen LogP contribution in [0.3, 0.4) is 0 Å². The van der Waals surface area contributed by atoms with Crippen molar-refractivity contribution in [1.29, 1.82) is 0 Å². The number of nitrogens with zero attached hydrogens (tertiary/aromatic N) is 1. The Labute approximate surface area is 197 Å². The van der Waals surface area contributed by atoms with E-state index in [9.17, 15) is 14.3 Å². The first-order chi connectivity index (χ1) is 16.5. The Morgan fingerprint density at radius 3 is 2.85 bits per heavy atom. The van der Waals surface area contributed by atoms with E-state index in [4.69, 9.17) is 9.15 Å². The van der Waals surface area contributed by atoms with Gasteiger partial charge in [-0.3, -0.25) is 4.99 Å². The van der Waals surface area contributed by atoms with Crippen molar-refractivity contribution in [1.82, 2.24) is 4.98 Å². The van der Waals surface area contributed by atoms with Crippen molar-refractivity contribution < 1.29 is 23.4 Å². The van der Waals surface area contributed by atoms with Crippen LogP contribution in [0, 0.1) is 5.82 Å². The van der Waals surface area contributed by atoms with Gasteiger partial charge in [0.1, 0.15) is 34.4 Å². The van der Waals surface area contributed by atoms with Gasteiger partial charge in [-0.2, -0.15) is 0 Å². The highest BCUT2D eigenvalue weighted by Gasteiger charge is 2.43. The number of ether oxygens (including phenoxy) is 1. The molecule has 0 aliphatic carbocycles. The van der Waals surface area contributed by atoms with Gasteiger partial charge in [-0.15, -0.1) is 11.8 Å². The molecule has 3 aromatic carbocycles. The van der Waals surface area contributed by atoms with Gasteiger partial charge in [0, 0.05) is 34.2 Å². The quantitative estimate of drug-likeness (QED) is 0.325. The van der Waals surface area contributed by atoms with Gasteiger partial charge >= 0.3 is 5.97 Å². The number of aromatic nitrogens is 1. The molecule has 1 aliphatic rings. The standard InChI is InChI=1S/C26H19FN2O4S/c27-16-6-5-15-9-17(28-21(15)10-16)12-26(25(30)31)14-34-24(29-26)13-32-18-7-8-23-20(11-18)19-3-1-2-4-22(19)33-23/h1-11,28H,12-14H2,(H,30,31). The largest absolute Gasteiger partial charge is 0.487 e. The number of carboxylic acids is 1. The number of hydrogen-bond donors (Lipinski definition) is 2. The van der Waals surface area contributed by atoms with E-state index in [-0.39, 0.29) is 18.8 Å². The molecule has 2 aromatic heterocycles. The summed E-state index contributed by atoms with van der Waals surface area (Å²) in [6.45, 7) is 0.179. The third kappa shape index (κ3) is 3.60. The first-order valence-corrected chi connectivity index (χ1v) is 11.7. The number of H-pyrrole nitrogens is 1. The summed E-state index contributed by atoms with van der Waals surface area (Å²) in [5.74, 6) is -0.376. The normalized spacial score (nSPS) is 18.1. The zero-order valence-corrected chi connectivity index (χ0v) is 18.7. The van der Waals surface area contributed by atoms with E-state index < -0.39 is 11.5 Å². The highest BCUT2D eigenvalue weighted by atomic mass is 32.2. The van der Waals surface area contributed by atoms with Gasteiger partial charge in [-0.25, -0.2) is 9.18 Å². The summed E-state index contributed by atoms with van der Waals surface area (Å²) in [6.07, 6.45) is 0.183. The zero-order valence-electron chi connectivity index (χ0n) is 17.9. The number of para-hydroxylation sites is 1. The van der Waals surface area contributed by atoms with Crippen LogP contribution in [0.25, 0.3) is 32.8 Å². The van der Waals surface area contributed by atoms with Crippen LogP contribution >= 0.6 is 11.8 Å². The van der Waals surface area contributed by atoms with Crippen LogP contribution in [0.1, 0.15) is 5.69 Å². The smallest absolute Gasteiger partial charge is 0.332 e. The Morgan fingerprint density at radius 2 is 1.97 bits per heavy atom. The SMILES string of the molecule is O=C(O)C1(Cc2cc3ccc(F)cc3[nH]2)CSC(COc2ccc3oc4ccccc4c3c2)=N1. The van der Waals surface area contributed by atoms with Crippen molar-refractivity contribution in [2.75, 3.05) is 12.4 Å². The molecule has 0 saturated carbocycles. The molecule has 0 amide bonds. The lowest BCUT2D eigenvalue weighted by Crippen LogP contribution is -2.39. The molecule has 2 N–H and O–H groups in total. The topological polar surface area (TPSA) is 87.8 Å². The first kappa shape index (κ1) is 20.8. The molecule has 170 valence electrons. The van der Waals surface area contributed by atoms with Crippen molar-refractivity contribution in [2.24, 2.45) is 4.99 Å². The van der Waals surface area contributed by atoms with Crippen molar-refractivity contribution in [3.63, 3.8) is 0 Å². The molecule has 34 heavy (non-hydrogen) atoms. The van der Waals surface area contributed by atoms with E-state index in [2.05, 4.69) is 9.98 Å². The average molecular weight is 475 g/mol. The molecule has 0 radical (unpaired) electrons. The third-order valence-electron chi connectivity index (χ3n) is 6.05. The molecule has 6 nitrogen and oxygen atoms in total. The number of aliphatic imine (C=N–C) groups is 1. The fourth-order valence-electron chi connectivity index (χ4n) is 4.37. The van der Waals surface area contributed by atoms with Crippen molar-refractivity contribution in [3.8, 4) is 5.75 Å². The van der Waals surface area contributed by atoms with Crippen LogP contribution < -0.4 is 4.74 Å². The maximum absolute atomic E-state index is 13.5. The Bertz CT molecular complexity index is 1600. The molecule has 5 aromatic rings. The predicted molar refractivity (Wildman–Crippen MR) is 131 cm³/mol. The number of halogens is 1. The lowest BCUT2D eigenvalue weighted by Gasteiger charge is -2.19. The minimum absolute atomic E-state index is 0.179. The lowest BCUT2D eigenvalue weighted by molar-refractivity contribution is -0.142. The number of aliphatic carboxylic acids is 1. The maximum atomic E-state index is 13.5. The second kappa shape index (κ2) is 7.92. The highest BCUT2D eigenvalue weighted by molar-refractivity contribution is 8.14. The van der Waals surface area contributed by atoms with E-state index in [1.54, 1.807) is 6.07 Å². The number of nitrogens with one attached hydrogen (secondary N) is 1. The monoisotopic (exact) mass is 474 g/mol. The summed E-state index contributed by atoms with van der Waals surface area (Å²) < 4.78 is 25.3. The summed E-state index contributed by atoms with van der Waals surface area (Å²) in [7, 11) is 0. The second-order valence-corrected chi connectivity index (χ2v) is 9.43. The molecular formula is C26H19FN2O4S. The summed E-state index contributed by atoms with van der Waals surface area (Å²) in [5.41, 5.74) is 1.64. The molecule has 1 atom stereocenters. The number of fused-ring (bicyclic) bond motifs is 4. The highest BCUT2D eigenvalue weighted by Crippen LogP contribution is 2.34. The van der Waals surface area contributed by atoms with Gasteiger partial charge in [-0.05, 0) is 53.9 Å². The van der Waals surface area contributed by atoms with Crippen molar-refractivity contribution >= 4 is 55.6 Å². The molecular weight excluding hydrogens is 455 g/mol. The molecule has 6 rings (SSSR count). The predicted octanol–water partition coefficient (Wildman–Crippen LogP) is 5.80. The number of rotatable bonds is 6. The van der Waals surface area contributed by atoms with Crippen LogP contribution in [-0.2, 0) is 11.2 Å². The number of benzene rings is 3. The van der Waals surface area contributed by atoms with E-state index in [0.717, 1.165) is 27.3 Å². The number of thioether (sulfide) groups is 1. The Kier molecular flexibility index (Phi) is 4.84. The van der Waals surface area contributed by atoms with Gasteiger partial charge in [0.05, 0.1) is 0 Å². The third-order valence-corrected chi connectivity index (χ3v) is 7.21. The maximum Gasteiger partial charge on any atom is 0.332 e. The van der Waals surface area contributed by atoms with E-state index >= 15 is 0 Å². The molecule has 1 unspecified atom stereocenters. The van der Waals surface area contributed by atoms with E-state index in [1.165, 1.54) is 23.9 Å². The van der Waals surface area contributed by atoms with Gasteiger partial charge in [0.15, 0.2) is 5.54 Å². The molecule has 0 saturated heterocycles.